The number of carbonyl (C=O) groups is 1. The summed E-state index contributed by atoms with van der Waals surface area (Å²) in [6.07, 6.45) is -0.771. The van der Waals surface area contributed by atoms with Crippen molar-refractivity contribution in [2.24, 2.45) is 0 Å². The van der Waals surface area contributed by atoms with Gasteiger partial charge in [-0.3, -0.25) is 14.2 Å². The molecule has 0 saturated carbocycles. The molecular weight excluding hydrogens is 543 g/mol. The second-order valence-corrected chi connectivity index (χ2v) is 11.2. The maximum absolute atomic E-state index is 13.8. The van der Waals surface area contributed by atoms with Crippen molar-refractivity contribution in [2.45, 2.75) is 43.9 Å². The summed E-state index contributed by atoms with van der Waals surface area (Å²) in [4.78, 5) is 33.0. The van der Waals surface area contributed by atoms with Crippen LogP contribution in [0, 0.1) is 6.92 Å². The second-order valence-electron chi connectivity index (χ2n) is 8.79. The Balaban J connectivity index is 1.47. The van der Waals surface area contributed by atoms with Crippen molar-refractivity contribution in [3.8, 4) is 5.69 Å². The minimum absolute atomic E-state index is 0.0207. The zero-order valence-corrected chi connectivity index (χ0v) is 22.0. The topological polar surface area (TPSA) is 64.0 Å². The molecule has 2 heterocycles. The third-order valence-electron chi connectivity index (χ3n) is 6.14. The first-order chi connectivity index (χ1) is 17.6. The number of benzene rings is 2. The highest BCUT2D eigenvalue weighted by Gasteiger charge is 2.33. The summed E-state index contributed by atoms with van der Waals surface area (Å²) in [6, 6.07) is 10.7. The Bertz CT molecular complexity index is 1560. The first-order valence-electron chi connectivity index (χ1n) is 11.6. The lowest BCUT2D eigenvalue weighted by Gasteiger charge is -2.14. The minimum atomic E-state index is -4.64. The molecule has 1 N–H and O–H groups in total. The molecule has 11 heteroatoms. The molecule has 1 amide bonds. The molecule has 4 aromatic rings. The van der Waals surface area contributed by atoms with E-state index in [1.165, 1.54) is 26.8 Å². The maximum Gasteiger partial charge on any atom is 0.417 e. The fraction of sp³-hybridized carbons (Fsp3) is 0.269. The van der Waals surface area contributed by atoms with Crippen LogP contribution in [-0.2, 0) is 23.8 Å². The van der Waals surface area contributed by atoms with Crippen LogP contribution >= 0.6 is 34.7 Å². The van der Waals surface area contributed by atoms with E-state index in [-0.39, 0.29) is 17.0 Å². The van der Waals surface area contributed by atoms with Crippen LogP contribution in [0.1, 0.15) is 34.4 Å². The van der Waals surface area contributed by atoms with Crippen LogP contribution < -0.4 is 10.9 Å². The summed E-state index contributed by atoms with van der Waals surface area (Å²) in [5.74, 6) is -0.686. The number of aromatic nitrogens is 2. The Morgan fingerprint density at radius 2 is 1.89 bits per heavy atom. The zero-order valence-electron chi connectivity index (χ0n) is 19.6. The number of alkyl halides is 3. The van der Waals surface area contributed by atoms with E-state index < -0.39 is 22.7 Å². The normalized spacial score (nSPS) is 13.5. The van der Waals surface area contributed by atoms with Gasteiger partial charge in [-0.05, 0) is 68.5 Å². The zero-order chi connectivity index (χ0) is 26.3. The van der Waals surface area contributed by atoms with E-state index in [4.69, 9.17) is 16.6 Å². The number of amides is 1. The van der Waals surface area contributed by atoms with Gasteiger partial charge in [-0.15, -0.1) is 11.3 Å². The van der Waals surface area contributed by atoms with Gasteiger partial charge >= 0.3 is 6.18 Å². The minimum Gasteiger partial charge on any atom is -0.325 e. The van der Waals surface area contributed by atoms with Gasteiger partial charge < -0.3 is 5.32 Å². The largest absolute Gasteiger partial charge is 0.417 e. The van der Waals surface area contributed by atoms with Gasteiger partial charge in [0, 0.05) is 10.6 Å². The van der Waals surface area contributed by atoms with E-state index in [1.54, 1.807) is 0 Å². The average molecular weight is 564 g/mol. The Labute approximate surface area is 223 Å². The molecule has 0 saturated heterocycles. The van der Waals surface area contributed by atoms with E-state index in [0.29, 0.717) is 21.1 Å². The van der Waals surface area contributed by atoms with Crippen LogP contribution in [0.3, 0.4) is 0 Å². The summed E-state index contributed by atoms with van der Waals surface area (Å²) in [5, 5.41) is 3.02. The highest BCUT2D eigenvalue weighted by Crippen LogP contribution is 2.37. The number of anilines is 1. The highest BCUT2D eigenvalue weighted by atomic mass is 35.5. The Morgan fingerprint density at radius 1 is 1.16 bits per heavy atom. The molecule has 0 spiro atoms. The smallest absolute Gasteiger partial charge is 0.325 e. The average Bonchev–Trinajstić information content (AvgIpc) is 3.23. The van der Waals surface area contributed by atoms with Gasteiger partial charge in [0.15, 0.2) is 5.16 Å². The molecule has 37 heavy (non-hydrogen) atoms. The highest BCUT2D eigenvalue weighted by molar-refractivity contribution is 7.99. The van der Waals surface area contributed by atoms with E-state index in [0.717, 1.165) is 60.7 Å². The lowest BCUT2D eigenvalue weighted by Crippen LogP contribution is -2.23. The number of thioether (sulfide) groups is 1. The summed E-state index contributed by atoms with van der Waals surface area (Å²) in [7, 11) is 0. The van der Waals surface area contributed by atoms with Crippen molar-refractivity contribution >= 4 is 56.5 Å². The molecule has 5 nitrogen and oxygen atoms in total. The first kappa shape index (κ1) is 25.8. The standard InChI is InChI=1S/C26H21ClF3N3O2S2/c1-14-6-9-16(10-7-14)33-24(35)22-17-4-2-3-5-20(17)37-23(22)32-25(33)36-13-21(34)31-15-8-11-19(27)18(12-15)26(28,29)30/h6-12H,2-5,13H2,1H3,(H,31,34). The summed E-state index contributed by atoms with van der Waals surface area (Å²) in [5.41, 5.74) is 1.52. The number of nitrogens with one attached hydrogen (secondary N) is 1. The molecule has 1 aliphatic carbocycles. The van der Waals surface area contributed by atoms with E-state index in [9.17, 15) is 22.8 Å². The number of nitrogens with zero attached hydrogens (tertiary/aromatic N) is 2. The molecule has 0 radical (unpaired) electrons. The van der Waals surface area contributed by atoms with Gasteiger partial charge in [0.1, 0.15) is 4.83 Å². The molecule has 192 valence electrons. The van der Waals surface area contributed by atoms with Gasteiger partial charge in [0.25, 0.3) is 5.56 Å². The quantitative estimate of drug-likeness (QED) is 0.209. The molecule has 1 aliphatic rings. The van der Waals surface area contributed by atoms with Crippen molar-refractivity contribution in [3.05, 3.63) is 79.4 Å². The predicted octanol–water partition coefficient (Wildman–Crippen LogP) is 7.04. The maximum atomic E-state index is 13.8. The van der Waals surface area contributed by atoms with Crippen LogP contribution in [0.4, 0.5) is 18.9 Å². The molecule has 0 fully saturated rings. The SMILES string of the molecule is Cc1ccc(-n2c(SCC(=O)Nc3ccc(Cl)c(C(F)(F)F)c3)nc3sc4c(c3c2=O)CCCC4)cc1. The van der Waals surface area contributed by atoms with Crippen molar-refractivity contribution in [1.29, 1.82) is 0 Å². The Hall–Kier alpha value is -2.82. The number of thiophene rings is 1. The van der Waals surface area contributed by atoms with Crippen molar-refractivity contribution < 1.29 is 18.0 Å². The molecule has 5 rings (SSSR count). The first-order valence-corrected chi connectivity index (χ1v) is 13.7. The fourth-order valence-corrected chi connectivity index (χ4v) is 6.69. The Morgan fingerprint density at radius 3 is 2.62 bits per heavy atom. The van der Waals surface area contributed by atoms with Crippen LogP contribution in [0.15, 0.2) is 52.4 Å². The molecule has 2 aromatic heterocycles. The van der Waals surface area contributed by atoms with Crippen molar-refractivity contribution in [1.82, 2.24) is 9.55 Å². The van der Waals surface area contributed by atoms with Crippen LogP contribution in [-0.4, -0.2) is 21.2 Å². The molecular formula is C26H21ClF3N3O2S2. The number of hydrogen-bond donors (Lipinski definition) is 1. The molecule has 2 aromatic carbocycles. The van der Waals surface area contributed by atoms with E-state index in [1.807, 2.05) is 31.2 Å². The van der Waals surface area contributed by atoms with Crippen LogP contribution in [0.2, 0.25) is 5.02 Å². The van der Waals surface area contributed by atoms with Crippen molar-refractivity contribution in [2.75, 3.05) is 11.1 Å². The van der Waals surface area contributed by atoms with E-state index in [2.05, 4.69) is 5.32 Å². The summed E-state index contributed by atoms with van der Waals surface area (Å²) >= 11 is 8.25. The Kier molecular flexibility index (Phi) is 7.08. The lowest BCUT2D eigenvalue weighted by molar-refractivity contribution is -0.137. The van der Waals surface area contributed by atoms with Gasteiger partial charge in [-0.25, -0.2) is 4.98 Å². The van der Waals surface area contributed by atoms with Gasteiger partial charge in [0.2, 0.25) is 5.91 Å². The summed E-state index contributed by atoms with van der Waals surface area (Å²) in [6.45, 7) is 1.95. The van der Waals surface area contributed by atoms with Crippen LogP contribution in [0.25, 0.3) is 15.9 Å². The molecule has 0 atom stereocenters. The van der Waals surface area contributed by atoms with Crippen molar-refractivity contribution in [3.63, 3.8) is 0 Å². The lowest BCUT2D eigenvalue weighted by atomic mass is 9.97. The van der Waals surface area contributed by atoms with Gasteiger partial charge in [-0.1, -0.05) is 41.1 Å². The van der Waals surface area contributed by atoms with Gasteiger partial charge in [0.05, 0.1) is 27.4 Å². The number of hydrogen-bond acceptors (Lipinski definition) is 5. The number of carbonyl (C=O) groups excluding carboxylic acids is 1. The molecule has 0 unspecified atom stereocenters. The number of halogens is 4. The van der Waals surface area contributed by atoms with E-state index >= 15 is 0 Å². The van der Waals surface area contributed by atoms with Crippen LogP contribution in [0.5, 0.6) is 0 Å². The van der Waals surface area contributed by atoms with Gasteiger partial charge in [-0.2, -0.15) is 13.2 Å². The molecule has 0 bridgehead atoms. The number of aryl methyl sites for hydroxylation is 3. The predicted molar refractivity (Wildman–Crippen MR) is 142 cm³/mol. The third kappa shape index (κ3) is 5.28. The fourth-order valence-electron chi connectivity index (χ4n) is 4.35. The number of rotatable bonds is 5. The second kappa shape index (κ2) is 10.2. The number of fused-ring (bicyclic) bond motifs is 3. The third-order valence-corrected chi connectivity index (χ3v) is 8.59. The summed E-state index contributed by atoms with van der Waals surface area (Å²) < 4.78 is 41.0. The monoisotopic (exact) mass is 563 g/mol. The molecule has 0 aliphatic heterocycles.